The van der Waals surface area contributed by atoms with Crippen LogP contribution in [-0.2, 0) is 11.2 Å². The van der Waals surface area contributed by atoms with Crippen molar-refractivity contribution in [2.75, 3.05) is 20.3 Å². The summed E-state index contributed by atoms with van der Waals surface area (Å²) in [6, 6.07) is 4.57. The van der Waals surface area contributed by atoms with Gasteiger partial charge in [0.1, 0.15) is 0 Å². The van der Waals surface area contributed by atoms with Crippen molar-refractivity contribution in [3.05, 3.63) is 23.8 Å². The molecular formula is C17H29ClN2O4. The summed E-state index contributed by atoms with van der Waals surface area (Å²) in [5, 5.41) is 22.1. The molecular weight excluding hydrogens is 332 g/mol. The normalized spacial score (nSPS) is 14.2. The summed E-state index contributed by atoms with van der Waals surface area (Å²) in [5.74, 6) is 0.235. The van der Waals surface area contributed by atoms with Crippen LogP contribution in [0, 0.1) is 11.8 Å². The lowest BCUT2D eigenvalue weighted by atomic mass is 9.97. The number of rotatable bonds is 9. The maximum atomic E-state index is 12.0. The van der Waals surface area contributed by atoms with Crippen LogP contribution in [-0.4, -0.2) is 42.4 Å². The van der Waals surface area contributed by atoms with Gasteiger partial charge in [-0.05, 0) is 30.0 Å². The van der Waals surface area contributed by atoms with E-state index in [1.165, 1.54) is 7.11 Å². The van der Waals surface area contributed by atoms with E-state index in [0.717, 1.165) is 12.0 Å². The molecule has 1 rings (SSSR count). The number of nitrogens with one attached hydrogen (secondary N) is 1. The van der Waals surface area contributed by atoms with E-state index < -0.39 is 6.04 Å². The average molecular weight is 361 g/mol. The Morgan fingerprint density at radius 2 is 2.08 bits per heavy atom. The highest BCUT2D eigenvalue weighted by Crippen LogP contribution is 2.27. The van der Waals surface area contributed by atoms with E-state index in [4.69, 9.17) is 10.5 Å². The van der Waals surface area contributed by atoms with Gasteiger partial charge in [-0.25, -0.2) is 0 Å². The van der Waals surface area contributed by atoms with E-state index in [9.17, 15) is 15.0 Å². The van der Waals surface area contributed by atoms with Crippen LogP contribution >= 0.6 is 12.4 Å². The van der Waals surface area contributed by atoms with Gasteiger partial charge in [0.15, 0.2) is 11.5 Å². The number of carbonyl (C=O) groups is 1. The number of hydrogen-bond donors (Lipinski definition) is 4. The second kappa shape index (κ2) is 11.1. The molecule has 0 heterocycles. The number of ether oxygens (including phenoxy) is 1. The molecule has 0 aromatic heterocycles. The second-order valence-corrected chi connectivity index (χ2v) is 5.92. The van der Waals surface area contributed by atoms with E-state index in [1.807, 2.05) is 19.9 Å². The molecule has 0 spiro atoms. The molecule has 0 fully saturated rings. The van der Waals surface area contributed by atoms with E-state index >= 15 is 0 Å². The number of phenolic OH excluding ortho intramolecular Hbond substituents is 1. The smallest absolute Gasteiger partial charge is 0.237 e. The summed E-state index contributed by atoms with van der Waals surface area (Å²) < 4.78 is 5.00. The number of halogens is 1. The van der Waals surface area contributed by atoms with Gasteiger partial charge in [-0.1, -0.05) is 26.3 Å². The molecule has 1 aromatic rings. The number of aliphatic hydroxyl groups is 1. The van der Waals surface area contributed by atoms with Crippen LogP contribution in [0.15, 0.2) is 18.2 Å². The molecule has 138 valence electrons. The molecule has 1 aromatic carbocycles. The van der Waals surface area contributed by atoms with Gasteiger partial charge in [-0.2, -0.15) is 0 Å². The zero-order valence-corrected chi connectivity index (χ0v) is 15.3. The number of aliphatic hydroxyl groups excluding tert-OH is 1. The Kier molecular flexibility index (Phi) is 10.4. The molecule has 0 radical (unpaired) electrons. The third-order valence-corrected chi connectivity index (χ3v) is 4.15. The summed E-state index contributed by atoms with van der Waals surface area (Å²) in [6.07, 6.45) is 1.37. The van der Waals surface area contributed by atoms with Crippen molar-refractivity contribution in [1.82, 2.24) is 5.32 Å². The largest absolute Gasteiger partial charge is 0.504 e. The lowest BCUT2D eigenvalue weighted by molar-refractivity contribution is -0.123. The Morgan fingerprint density at radius 1 is 1.42 bits per heavy atom. The molecule has 5 N–H and O–H groups in total. The molecule has 24 heavy (non-hydrogen) atoms. The number of nitrogens with two attached hydrogens (primary N) is 1. The number of aromatic hydroxyl groups is 1. The first-order chi connectivity index (χ1) is 10.9. The molecule has 3 atom stereocenters. The van der Waals surface area contributed by atoms with Crippen LogP contribution in [0.3, 0.4) is 0 Å². The van der Waals surface area contributed by atoms with E-state index in [-0.39, 0.29) is 42.5 Å². The average Bonchev–Trinajstić information content (AvgIpc) is 2.56. The molecule has 0 saturated heterocycles. The minimum atomic E-state index is -0.538. The third kappa shape index (κ3) is 6.55. The minimum absolute atomic E-state index is 0. The van der Waals surface area contributed by atoms with E-state index in [2.05, 4.69) is 5.32 Å². The van der Waals surface area contributed by atoms with Gasteiger partial charge in [0.2, 0.25) is 5.91 Å². The van der Waals surface area contributed by atoms with E-state index in [0.29, 0.717) is 18.7 Å². The first-order valence-corrected chi connectivity index (χ1v) is 7.92. The minimum Gasteiger partial charge on any atom is -0.504 e. The van der Waals surface area contributed by atoms with Crippen molar-refractivity contribution in [3.63, 3.8) is 0 Å². The maximum Gasteiger partial charge on any atom is 0.237 e. The molecule has 1 amide bonds. The van der Waals surface area contributed by atoms with Crippen molar-refractivity contribution in [2.45, 2.75) is 32.7 Å². The lowest BCUT2D eigenvalue weighted by Crippen LogP contribution is -2.46. The number of hydrogen-bond acceptors (Lipinski definition) is 5. The Labute approximate surface area is 149 Å². The predicted molar refractivity (Wildman–Crippen MR) is 96.6 cm³/mol. The van der Waals surface area contributed by atoms with Crippen molar-refractivity contribution >= 4 is 18.3 Å². The lowest BCUT2D eigenvalue weighted by Gasteiger charge is -2.20. The molecule has 0 aliphatic heterocycles. The van der Waals surface area contributed by atoms with Gasteiger partial charge in [-0.15, -0.1) is 12.4 Å². The quantitative estimate of drug-likeness (QED) is 0.533. The zero-order chi connectivity index (χ0) is 17.4. The molecule has 0 aliphatic rings. The SMILES string of the molecule is CCC(C)C(N)C(=O)NCC(CO)Cc1ccc(OC)c(O)c1.Cl. The number of carbonyl (C=O) groups excluding carboxylic acids is 1. The number of phenols is 1. The topological polar surface area (TPSA) is 105 Å². The highest BCUT2D eigenvalue weighted by Gasteiger charge is 2.20. The van der Waals surface area contributed by atoms with Crippen LogP contribution in [0.4, 0.5) is 0 Å². The summed E-state index contributed by atoms with van der Waals surface area (Å²) in [4.78, 5) is 12.0. The van der Waals surface area contributed by atoms with Gasteiger partial charge in [0.05, 0.1) is 13.2 Å². The fourth-order valence-corrected chi connectivity index (χ4v) is 2.27. The van der Waals surface area contributed by atoms with Crippen LogP contribution < -0.4 is 15.8 Å². The summed E-state index contributed by atoms with van der Waals surface area (Å²) in [5.41, 5.74) is 6.75. The van der Waals surface area contributed by atoms with Crippen LogP contribution in [0.5, 0.6) is 11.5 Å². The zero-order valence-electron chi connectivity index (χ0n) is 14.5. The Morgan fingerprint density at radius 3 is 2.58 bits per heavy atom. The monoisotopic (exact) mass is 360 g/mol. The fourth-order valence-electron chi connectivity index (χ4n) is 2.27. The molecule has 6 nitrogen and oxygen atoms in total. The molecule has 7 heteroatoms. The highest BCUT2D eigenvalue weighted by atomic mass is 35.5. The van der Waals surface area contributed by atoms with Crippen LogP contribution in [0.2, 0.25) is 0 Å². The van der Waals surface area contributed by atoms with Crippen molar-refractivity contribution in [1.29, 1.82) is 0 Å². The Bertz CT molecular complexity index is 513. The second-order valence-electron chi connectivity index (χ2n) is 5.92. The van der Waals surface area contributed by atoms with Gasteiger partial charge in [-0.3, -0.25) is 4.79 Å². The Hall–Kier alpha value is -1.50. The van der Waals surface area contributed by atoms with Crippen molar-refractivity contribution in [3.8, 4) is 11.5 Å². The number of benzene rings is 1. The van der Waals surface area contributed by atoms with Crippen LogP contribution in [0.1, 0.15) is 25.8 Å². The van der Waals surface area contributed by atoms with Crippen molar-refractivity contribution < 1.29 is 19.7 Å². The number of methoxy groups -OCH3 is 1. The Balaban J connectivity index is 0.00000529. The predicted octanol–water partition coefficient (Wildman–Crippen LogP) is 1.46. The number of amides is 1. The van der Waals surface area contributed by atoms with Gasteiger partial charge in [0, 0.05) is 19.1 Å². The third-order valence-electron chi connectivity index (χ3n) is 4.15. The molecule has 0 aliphatic carbocycles. The summed E-state index contributed by atoms with van der Waals surface area (Å²) >= 11 is 0. The maximum absolute atomic E-state index is 12.0. The molecule has 3 unspecified atom stereocenters. The van der Waals surface area contributed by atoms with E-state index in [1.54, 1.807) is 12.1 Å². The van der Waals surface area contributed by atoms with Gasteiger partial charge in [0.25, 0.3) is 0 Å². The molecule has 0 bridgehead atoms. The van der Waals surface area contributed by atoms with Crippen LogP contribution in [0.25, 0.3) is 0 Å². The fraction of sp³-hybridized carbons (Fsp3) is 0.588. The first kappa shape index (κ1) is 22.5. The summed E-state index contributed by atoms with van der Waals surface area (Å²) in [6.45, 7) is 4.20. The van der Waals surface area contributed by atoms with Crippen molar-refractivity contribution in [2.24, 2.45) is 17.6 Å². The summed E-state index contributed by atoms with van der Waals surface area (Å²) in [7, 11) is 1.49. The highest BCUT2D eigenvalue weighted by molar-refractivity contribution is 5.85. The first-order valence-electron chi connectivity index (χ1n) is 7.92. The van der Waals surface area contributed by atoms with Gasteiger partial charge >= 0.3 is 0 Å². The standard InChI is InChI=1S/C17H28N2O4.ClH/c1-4-11(2)16(18)17(22)19-9-13(10-20)7-12-5-6-15(23-3)14(21)8-12;/h5-6,8,11,13,16,20-21H,4,7,9-10,18H2,1-3H3,(H,19,22);1H. The van der Waals surface area contributed by atoms with Gasteiger partial charge < -0.3 is 26.0 Å². The molecule has 0 saturated carbocycles.